The van der Waals surface area contributed by atoms with Gasteiger partial charge in [0.2, 0.25) is 0 Å². The second-order valence-corrected chi connectivity index (χ2v) is 4.63. The summed E-state index contributed by atoms with van der Waals surface area (Å²) in [6.07, 6.45) is -2.30. The highest BCUT2D eigenvalue weighted by Crippen LogP contribution is 2.31. The molecular formula is C10H11BrF3N3O2. The average molecular weight is 342 g/mol. The van der Waals surface area contributed by atoms with Gasteiger partial charge in [-0.1, -0.05) is 0 Å². The predicted octanol–water partition coefficient (Wildman–Crippen LogP) is 3.90. The Labute approximate surface area is 115 Å². The lowest BCUT2D eigenvalue weighted by Gasteiger charge is -2.09. The molecule has 0 unspecified atom stereocenters. The summed E-state index contributed by atoms with van der Waals surface area (Å²) in [5, 5.41) is 13.5. The van der Waals surface area contributed by atoms with Crippen LogP contribution < -0.4 is 5.32 Å². The zero-order valence-electron chi connectivity index (χ0n) is 9.71. The normalized spacial score (nSPS) is 11.4. The zero-order chi connectivity index (χ0) is 14.5. The van der Waals surface area contributed by atoms with Crippen LogP contribution in [-0.4, -0.2) is 22.6 Å². The quantitative estimate of drug-likeness (QED) is 0.484. The van der Waals surface area contributed by atoms with Crippen LogP contribution in [0.15, 0.2) is 16.9 Å². The minimum Gasteiger partial charge on any atom is -0.378 e. The summed E-state index contributed by atoms with van der Waals surface area (Å²) in [5.41, 5.74) is 0.0113. The van der Waals surface area contributed by atoms with Crippen LogP contribution in [0.3, 0.4) is 0 Å². The van der Waals surface area contributed by atoms with Gasteiger partial charge in [-0.3, -0.25) is 15.1 Å². The monoisotopic (exact) mass is 341 g/mol. The summed E-state index contributed by atoms with van der Waals surface area (Å²) >= 11 is 3.11. The molecule has 1 rings (SSSR count). The van der Waals surface area contributed by atoms with Crippen molar-refractivity contribution in [1.29, 1.82) is 0 Å². The molecule has 0 aliphatic heterocycles. The van der Waals surface area contributed by atoms with Gasteiger partial charge < -0.3 is 5.32 Å². The van der Waals surface area contributed by atoms with E-state index in [9.17, 15) is 23.3 Å². The van der Waals surface area contributed by atoms with Crippen LogP contribution in [0.25, 0.3) is 0 Å². The molecule has 9 heteroatoms. The van der Waals surface area contributed by atoms with Gasteiger partial charge in [0.05, 0.1) is 9.40 Å². The first kappa shape index (κ1) is 15.7. The van der Waals surface area contributed by atoms with Gasteiger partial charge >= 0.3 is 11.9 Å². The molecule has 0 amide bonds. The Morgan fingerprint density at radius 3 is 2.63 bits per heavy atom. The lowest BCUT2D eigenvalue weighted by molar-refractivity contribution is -0.384. The molecule has 0 bridgehead atoms. The van der Waals surface area contributed by atoms with Crippen molar-refractivity contribution in [1.82, 2.24) is 4.98 Å². The Morgan fingerprint density at radius 1 is 1.37 bits per heavy atom. The summed E-state index contributed by atoms with van der Waals surface area (Å²) in [5.74, 6) is 0. The lowest BCUT2D eigenvalue weighted by atomic mass is 10.2. The van der Waals surface area contributed by atoms with Crippen LogP contribution >= 0.6 is 15.9 Å². The van der Waals surface area contributed by atoms with Gasteiger partial charge in [-0.25, -0.2) is 0 Å². The Balaban J connectivity index is 2.52. The van der Waals surface area contributed by atoms with Crippen LogP contribution in [-0.2, 0) is 0 Å². The van der Waals surface area contributed by atoms with Gasteiger partial charge in [0.15, 0.2) is 0 Å². The Hall–Kier alpha value is -1.38. The number of nitrogens with one attached hydrogen (secondary N) is 1. The highest BCUT2D eigenvalue weighted by atomic mass is 79.9. The molecule has 106 valence electrons. The minimum atomic E-state index is -4.16. The number of alkyl halides is 3. The maximum absolute atomic E-state index is 11.9. The van der Waals surface area contributed by atoms with E-state index in [4.69, 9.17) is 0 Å². The molecular weight excluding hydrogens is 331 g/mol. The summed E-state index contributed by atoms with van der Waals surface area (Å²) < 4.78 is 36.1. The van der Waals surface area contributed by atoms with Gasteiger partial charge in [-0.15, -0.1) is 0 Å². The van der Waals surface area contributed by atoms with Crippen molar-refractivity contribution in [3.8, 4) is 0 Å². The van der Waals surface area contributed by atoms with Crippen molar-refractivity contribution in [3.05, 3.63) is 27.0 Å². The van der Waals surface area contributed by atoms with E-state index >= 15 is 0 Å². The third-order valence-electron chi connectivity index (χ3n) is 2.27. The fraction of sp³-hybridized carbons (Fsp3) is 0.500. The first-order chi connectivity index (χ1) is 8.81. The number of hydrogen-bond donors (Lipinski definition) is 1. The molecule has 0 spiro atoms. The van der Waals surface area contributed by atoms with E-state index in [1.54, 1.807) is 0 Å². The Morgan fingerprint density at radius 2 is 2.05 bits per heavy atom. The number of aromatic nitrogens is 1. The molecule has 0 saturated heterocycles. The van der Waals surface area contributed by atoms with Crippen LogP contribution in [0.5, 0.6) is 0 Å². The predicted molar refractivity (Wildman–Crippen MR) is 67.0 cm³/mol. The van der Waals surface area contributed by atoms with Gasteiger partial charge in [-0.05, 0) is 28.8 Å². The van der Waals surface area contributed by atoms with E-state index in [0.29, 0.717) is 4.47 Å². The standard InChI is InChI=1S/C10H11BrF3N3O2/c11-7-5-15-6-8(17(18)19)9(7)16-4-2-1-3-10(12,13)14/h5-6H,1-4H2,(H,15,16). The molecule has 1 aromatic rings. The maximum atomic E-state index is 11.9. The molecule has 1 N–H and O–H groups in total. The van der Waals surface area contributed by atoms with Crippen LogP contribution in [0, 0.1) is 10.1 Å². The van der Waals surface area contributed by atoms with Crippen molar-refractivity contribution >= 4 is 27.3 Å². The third kappa shape index (κ3) is 5.41. The van der Waals surface area contributed by atoms with Crippen molar-refractivity contribution in [2.75, 3.05) is 11.9 Å². The van der Waals surface area contributed by atoms with Crippen molar-refractivity contribution in [3.63, 3.8) is 0 Å². The smallest absolute Gasteiger partial charge is 0.378 e. The van der Waals surface area contributed by atoms with Crippen molar-refractivity contribution in [2.24, 2.45) is 0 Å². The van der Waals surface area contributed by atoms with E-state index in [-0.39, 0.29) is 30.8 Å². The highest BCUT2D eigenvalue weighted by Gasteiger charge is 2.25. The van der Waals surface area contributed by atoms with Gasteiger partial charge in [0.25, 0.3) is 0 Å². The van der Waals surface area contributed by atoms with E-state index in [0.717, 1.165) is 6.20 Å². The number of halogens is 4. The molecule has 0 aromatic carbocycles. The first-order valence-electron chi connectivity index (χ1n) is 5.40. The molecule has 0 radical (unpaired) electrons. The molecule has 0 saturated carbocycles. The van der Waals surface area contributed by atoms with E-state index in [2.05, 4.69) is 26.2 Å². The molecule has 19 heavy (non-hydrogen) atoms. The van der Waals surface area contributed by atoms with E-state index < -0.39 is 17.5 Å². The van der Waals surface area contributed by atoms with E-state index in [1.165, 1.54) is 6.20 Å². The molecule has 0 aliphatic carbocycles. The zero-order valence-corrected chi connectivity index (χ0v) is 11.3. The summed E-state index contributed by atoms with van der Waals surface area (Å²) in [4.78, 5) is 13.8. The molecule has 1 heterocycles. The Kier molecular flexibility index (Phi) is 5.52. The van der Waals surface area contributed by atoms with Crippen LogP contribution in [0.2, 0.25) is 0 Å². The van der Waals surface area contributed by atoms with Crippen LogP contribution in [0.1, 0.15) is 19.3 Å². The summed E-state index contributed by atoms with van der Waals surface area (Å²) in [7, 11) is 0. The molecule has 0 fully saturated rings. The number of hydrogen-bond acceptors (Lipinski definition) is 4. The average Bonchev–Trinajstić information content (AvgIpc) is 2.28. The second-order valence-electron chi connectivity index (χ2n) is 3.77. The third-order valence-corrected chi connectivity index (χ3v) is 2.87. The number of unbranched alkanes of at least 4 members (excludes halogenated alkanes) is 1. The lowest BCUT2D eigenvalue weighted by Crippen LogP contribution is -2.09. The SMILES string of the molecule is O=[N+]([O-])c1cncc(Br)c1NCCCCC(F)(F)F. The largest absolute Gasteiger partial charge is 0.389 e. The number of pyridine rings is 1. The van der Waals surface area contributed by atoms with Crippen LogP contribution in [0.4, 0.5) is 24.5 Å². The topological polar surface area (TPSA) is 68.1 Å². The number of nitro groups is 1. The fourth-order valence-electron chi connectivity index (χ4n) is 1.40. The second kappa shape index (κ2) is 6.69. The van der Waals surface area contributed by atoms with Gasteiger partial charge in [0.1, 0.15) is 11.9 Å². The maximum Gasteiger partial charge on any atom is 0.389 e. The first-order valence-corrected chi connectivity index (χ1v) is 6.19. The number of nitrogens with zero attached hydrogens (tertiary/aromatic N) is 2. The number of anilines is 1. The highest BCUT2D eigenvalue weighted by molar-refractivity contribution is 9.10. The number of rotatable bonds is 6. The van der Waals surface area contributed by atoms with E-state index in [1.807, 2.05) is 0 Å². The minimum absolute atomic E-state index is 0.0208. The Bertz CT molecular complexity index is 454. The summed E-state index contributed by atoms with van der Waals surface area (Å²) in [6, 6.07) is 0. The molecule has 1 aromatic heterocycles. The fourth-order valence-corrected chi connectivity index (χ4v) is 1.86. The molecule has 0 aliphatic rings. The van der Waals surface area contributed by atoms with Gasteiger partial charge in [0, 0.05) is 19.2 Å². The molecule has 5 nitrogen and oxygen atoms in total. The summed E-state index contributed by atoms with van der Waals surface area (Å²) in [6.45, 7) is 0.222. The van der Waals surface area contributed by atoms with Crippen molar-refractivity contribution in [2.45, 2.75) is 25.4 Å². The van der Waals surface area contributed by atoms with Gasteiger partial charge in [-0.2, -0.15) is 13.2 Å². The van der Waals surface area contributed by atoms with Crippen molar-refractivity contribution < 1.29 is 18.1 Å². The molecule has 0 atom stereocenters.